The number of benzene rings is 1. The molecule has 0 radical (unpaired) electrons. The number of rotatable bonds is 4. The summed E-state index contributed by atoms with van der Waals surface area (Å²) in [6.07, 6.45) is 3.74. The number of imidazole rings is 2. The van der Waals surface area contributed by atoms with E-state index in [1.807, 2.05) is 40.6 Å². The molecule has 0 bridgehead atoms. The normalized spacial score (nSPS) is 11.2. The molecule has 0 saturated carbocycles. The van der Waals surface area contributed by atoms with Crippen LogP contribution in [0, 0.1) is 0 Å². The number of ether oxygens (including phenoxy) is 1. The van der Waals surface area contributed by atoms with Crippen molar-refractivity contribution in [2.45, 2.75) is 6.54 Å². The van der Waals surface area contributed by atoms with Crippen molar-refractivity contribution >= 4 is 11.0 Å². The zero-order chi connectivity index (χ0) is 14.1. The van der Waals surface area contributed by atoms with Gasteiger partial charge in [0.2, 0.25) is 0 Å². The maximum atomic E-state index is 5.55. The fourth-order valence-corrected chi connectivity index (χ4v) is 2.28. The van der Waals surface area contributed by atoms with Crippen LogP contribution in [0.2, 0.25) is 0 Å². The van der Waals surface area contributed by atoms with Crippen LogP contribution in [0.25, 0.3) is 22.6 Å². The van der Waals surface area contributed by atoms with E-state index < -0.39 is 0 Å². The van der Waals surface area contributed by atoms with Crippen LogP contribution >= 0.6 is 0 Å². The van der Waals surface area contributed by atoms with Gasteiger partial charge < -0.3 is 19.6 Å². The molecule has 2 heterocycles. The lowest BCUT2D eigenvalue weighted by Crippen LogP contribution is -2.07. The minimum absolute atomic E-state index is 0.593. The van der Waals surface area contributed by atoms with Crippen LogP contribution in [-0.2, 0) is 13.6 Å². The van der Waals surface area contributed by atoms with Gasteiger partial charge in [-0.05, 0) is 12.1 Å². The number of nitrogens with zero attached hydrogens (tertiary/aromatic N) is 4. The van der Waals surface area contributed by atoms with Crippen molar-refractivity contribution in [3.63, 3.8) is 0 Å². The highest BCUT2D eigenvalue weighted by Gasteiger charge is 2.12. The van der Waals surface area contributed by atoms with Gasteiger partial charge in [-0.15, -0.1) is 0 Å². The van der Waals surface area contributed by atoms with E-state index in [2.05, 4.69) is 9.97 Å². The number of methoxy groups -OCH3 is 1. The maximum absolute atomic E-state index is 5.55. The van der Waals surface area contributed by atoms with Gasteiger partial charge in [0.05, 0.1) is 24.5 Å². The predicted molar refractivity (Wildman–Crippen MR) is 77.5 cm³/mol. The Morgan fingerprint density at radius 1 is 1.35 bits per heavy atom. The second-order valence-electron chi connectivity index (χ2n) is 4.63. The van der Waals surface area contributed by atoms with E-state index in [1.165, 1.54) is 0 Å². The molecule has 0 aliphatic carbocycles. The van der Waals surface area contributed by atoms with Gasteiger partial charge in [-0.3, -0.25) is 0 Å². The van der Waals surface area contributed by atoms with E-state index in [9.17, 15) is 0 Å². The Balaban J connectivity index is 2.08. The monoisotopic (exact) mass is 271 g/mol. The van der Waals surface area contributed by atoms with Crippen molar-refractivity contribution in [1.82, 2.24) is 19.1 Å². The van der Waals surface area contributed by atoms with Crippen LogP contribution in [0.4, 0.5) is 0 Å². The van der Waals surface area contributed by atoms with E-state index >= 15 is 0 Å². The van der Waals surface area contributed by atoms with Gasteiger partial charge in [0.25, 0.3) is 0 Å². The van der Waals surface area contributed by atoms with Crippen LogP contribution in [0.1, 0.15) is 0 Å². The second kappa shape index (κ2) is 4.97. The standard InChI is InChI=1S/C14H17N5O/c1-18-13-4-3-10(20-2)7-11(13)17-14(18)12-8-19(6-5-15)9-16-12/h3-4,7-9H,5-6,15H2,1-2H3. The van der Waals surface area contributed by atoms with Crippen LogP contribution in [0.3, 0.4) is 0 Å². The molecule has 2 aromatic heterocycles. The Morgan fingerprint density at radius 2 is 2.20 bits per heavy atom. The molecule has 104 valence electrons. The summed E-state index contributed by atoms with van der Waals surface area (Å²) in [5, 5.41) is 0. The Kier molecular flexibility index (Phi) is 3.15. The zero-order valence-corrected chi connectivity index (χ0v) is 11.6. The number of nitrogens with two attached hydrogens (primary N) is 1. The number of hydrogen-bond acceptors (Lipinski definition) is 4. The van der Waals surface area contributed by atoms with Crippen molar-refractivity contribution in [2.75, 3.05) is 13.7 Å². The molecule has 0 fully saturated rings. The molecule has 0 atom stereocenters. The fourth-order valence-electron chi connectivity index (χ4n) is 2.28. The molecular weight excluding hydrogens is 254 g/mol. The third kappa shape index (κ3) is 2.04. The molecule has 1 aromatic carbocycles. The zero-order valence-electron chi connectivity index (χ0n) is 11.6. The first kappa shape index (κ1) is 12.7. The molecular formula is C14H17N5O. The molecule has 0 aliphatic rings. The highest BCUT2D eigenvalue weighted by Crippen LogP contribution is 2.25. The molecule has 0 amide bonds. The highest BCUT2D eigenvalue weighted by molar-refractivity contribution is 5.81. The fraction of sp³-hybridized carbons (Fsp3) is 0.286. The molecule has 0 saturated heterocycles. The Hall–Kier alpha value is -2.34. The summed E-state index contributed by atoms with van der Waals surface area (Å²) < 4.78 is 9.23. The van der Waals surface area contributed by atoms with Gasteiger partial charge in [0.1, 0.15) is 11.4 Å². The summed E-state index contributed by atoms with van der Waals surface area (Å²) in [4.78, 5) is 9.04. The van der Waals surface area contributed by atoms with Gasteiger partial charge >= 0.3 is 0 Å². The predicted octanol–water partition coefficient (Wildman–Crippen LogP) is 1.40. The third-order valence-corrected chi connectivity index (χ3v) is 3.34. The lowest BCUT2D eigenvalue weighted by atomic mass is 10.3. The first-order valence-electron chi connectivity index (χ1n) is 6.45. The SMILES string of the molecule is COc1ccc2c(c1)nc(-c1cn(CCN)cn1)n2C. The highest BCUT2D eigenvalue weighted by atomic mass is 16.5. The van der Waals surface area contributed by atoms with E-state index in [0.29, 0.717) is 6.54 Å². The van der Waals surface area contributed by atoms with Gasteiger partial charge in [0, 0.05) is 32.4 Å². The molecule has 0 spiro atoms. The van der Waals surface area contributed by atoms with Crippen LogP contribution in [0.5, 0.6) is 5.75 Å². The van der Waals surface area contributed by atoms with Gasteiger partial charge in [-0.2, -0.15) is 0 Å². The number of aromatic nitrogens is 4. The summed E-state index contributed by atoms with van der Waals surface area (Å²) in [5.74, 6) is 1.64. The van der Waals surface area contributed by atoms with Crippen molar-refractivity contribution in [3.8, 4) is 17.3 Å². The van der Waals surface area contributed by atoms with Gasteiger partial charge in [-0.1, -0.05) is 0 Å². The number of hydrogen-bond donors (Lipinski definition) is 1. The number of fused-ring (bicyclic) bond motifs is 1. The molecule has 0 unspecified atom stereocenters. The maximum Gasteiger partial charge on any atom is 0.161 e. The lowest BCUT2D eigenvalue weighted by molar-refractivity contribution is 0.415. The second-order valence-corrected chi connectivity index (χ2v) is 4.63. The summed E-state index contributed by atoms with van der Waals surface area (Å²) >= 11 is 0. The van der Waals surface area contributed by atoms with Crippen LogP contribution < -0.4 is 10.5 Å². The minimum atomic E-state index is 0.593. The average Bonchev–Trinajstić information content (AvgIpc) is 3.04. The summed E-state index contributed by atoms with van der Waals surface area (Å²) in [6.45, 7) is 1.35. The molecule has 0 aliphatic heterocycles. The number of aryl methyl sites for hydroxylation is 1. The molecule has 3 rings (SSSR count). The van der Waals surface area contributed by atoms with Crippen molar-refractivity contribution in [1.29, 1.82) is 0 Å². The van der Waals surface area contributed by atoms with Crippen LogP contribution in [-0.4, -0.2) is 32.8 Å². The summed E-state index contributed by atoms with van der Waals surface area (Å²) in [7, 11) is 3.64. The quantitative estimate of drug-likeness (QED) is 0.778. The van der Waals surface area contributed by atoms with E-state index in [0.717, 1.165) is 34.8 Å². The first-order chi connectivity index (χ1) is 9.72. The molecule has 2 N–H and O–H groups in total. The third-order valence-electron chi connectivity index (χ3n) is 3.34. The van der Waals surface area contributed by atoms with E-state index in [4.69, 9.17) is 10.5 Å². The summed E-state index contributed by atoms with van der Waals surface area (Å²) in [5.41, 5.74) is 8.34. The van der Waals surface area contributed by atoms with Gasteiger partial charge in [-0.25, -0.2) is 9.97 Å². The molecule has 3 aromatic rings. The van der Waals surface area contributed by atoms with E-state index in [1.54, 1.807) is 13.4 Å². The molecule has 6 heteroatoms. The first-order valence-corrected chi connectivity index (χ1v) is 6.45. The Morgan fingerprint density at radius 3 is 2.95 bits per heavy atom. The smallest absolute Gasteiger partial charge is 0.161 e. The van der Waals surface area contributed by atoms with Crippen molar-refractivity contribution in [3.05, 3.63) is 30.7 Å². The average molecular weight is 271 g/mol. The molecule has 6 nitrogen and oxygen atoms in total. The topological polar surface area (TPSA) is 70.9 Å². The Labute approximate surface area is 116 Å². The van der Waals surface area contributed by atoms with Gasteiger partial charge in [0.15, 0.2) is 5.82 Å². The largest absolute Gasteiger partial charge is 0.497 e. The van der Waals surface area contributed by atoms with Crippen LogP contribution in [0.15, 0.2) is 30.7 Å². The van der Waals surface area contributed by atoms with Crippen molar-refractivity contribution < 1.29 is 4.74 Å². The van der Waals surface area contributed by atoms with Crippen molar-refractivity contribution in [2.24, 2.45) is 12.8 Å². The van der Waals surface area contributed by atoms with E-state index in [-0.39, 0.29) is 0 Å². The Bertz CT molecular complexity index is 743. The molecule has 20 heavy (non-hydrogen) atoms. The minimum Gasteiger partial charge on any atom is -0.497 e. The lowest BCUT2D eigenvalue weighted by Gasteiger charge is -2.00. The summed E-state index contributed by atoms with van der Waals surface area (Å²) in [6, 6.07) is 5.86.